The van der Waals surface area contributed by atoms with Crippen molar-refractivity contribution in [1.82, 2.24) is 5.32 Å². The van der Waals surface area contributed by atoms with Gasteiger partial charge in [0.2, 0.25) is 0 Å². The molecule has 1 aromatic carbocycles. The predicted molar refractivity (Wildman–Crippen MR) is 65.8 cm³/mol. The van der Waals surface area contributed by atoms with Crippen molar-refractivity contribution in [2.24, 2.45) is 0 Å². The molecule has 1 nitrogen and oxygen atoms in total. The first-order valence-electron chi connectivity index (χ1n) is 5.73. The van der Waals surface area contributed by atoms with Crippen LogP contribution >= 0.6 is 0 Å². The fraction of sp³-hybridized carbons (Fsp3) is 0.429. The lowest BCUT2D eigenvalue weighted by Crippen LogP contribution is -2.38. The first-order chi connectivity index (χ1) is 7.54. The number of fused-ring (bicyclic) bond motifs is 1. The second kappa shape index (κ2) is 4.02. The summed E-state index contributed by atoms with van der Waals surface area (Å²) in [6, 6.07) is 5.10. The van der Waals surface area contributed by atoms with Crippen molar-refractivity contribution in [3.8, 4) is 0 Å². The Morgan fingerprint density at radius 1 is 1.31 bits per heavy atom. The number of aryl methyl sites for hydroxylation is 1. The highest BCUT2D eigenvalue weighted by Crippen LogP contribution is 2.34. The monoisotopic (exact) mass is 219 g/mol. The molecule has 0 aromatic heterocycles. The first-order valence-corrected chi connectivity index (χ1v) is 5.73. The van der Waals surface area contributed by atoms with Gasteiger partial charge < -0.3 is 5.32 Å². The van der Waals surface area contributed by atoms with Gasteiger partial charge in [-0.2, -0.15) is 0 Å². The Balaban J connectivity index is 2.49. The van der Waals surface area contributed by atoms with E-state index in [1.165, 1.54) is 11.1 Å². The molecule has 0 atom stereocenters. The molecule has 0 radical (unpaired) electrons. The number of hydrogen-bond donors (Lipinski definition) is 1. The van der Waals surface area contributed by atoms with Crippen LogP contribution in [0.25, 0.3) is 5.57 Å². The van der Waals surface area contributed by atoms with E-state index in [0.717, 1.165) is 18.4 Å². The summed E-state index contributed by atoms with van der Waals surface area (Å²) in [6.07, 6.45) is 4.20. The zero-order valence-electron chi connectivity index (χ0n) is 10.1. The van der Waals surface area contributed by atoms with E-state index in [0.29, 0.717) is 0 Å². The standard InChI is InChI=1S/C14H18FN/c1-14(2,16-3)13-6-4-5-10-9-11(15)7-8-12(10)13/h6-9,16H,4-5H2,1-3H3. The predicted octanol–water partition coefficient (Wildman–Crippen LogP) is 3.15. The molecule has 0 heterocycles. The van der Waals surface area contributed by atoms with Gasteiger partial charge in [0, 0.05) is 5.54 Å². The van der Waals surface area contributed by atoms with Gasteiger partial charge in [-0.25, -0.2) is 4.39 Å². The molecule has 1 aliphatic rings. The third kappa shape index (κ3) is 1.90. The molecule has 2 heteroatoms. The highest BCUT2D eigenvalue weighted by atomic mass is 19.1. The van der Waals surface area contributed by atoms with Crippen LogP contribution in [0.2, 0.25) is 0 Å². The summed E-state index contributed by atoms with van der Waals surface area (Å²) >= 11 is 0. The third-order valence-electron chi connectivity index (χ3n) is 3.42. The number of hydrogen-bond acceptors (Lipinski definition) is 1. The van der Waals surface area contributed by atoms with E-state index in [9.17, 15) is 4.39 Å². The Hall–Kier alpha value is -1.15. The summed E-state index contributed by atoms with van der Waals surface area (Å²) < 4.78 is 13.2. The van der Waals surface area contributed by atoms with Gasteiger partial charge in [-0.1, -0.05) is 12.1 Å². The van der Waals surface area contributed by atoms with Crippen molar-refractivity contribution in [3.05, 3.63) is 41.2 Å². The summed E-state index contributed by atoms with van der Waals surface area (Å²) in [6.45, 7) is 4.30. The molecule has 1 N–H and O–H groups in total. The van der Waals surface area contributed by atoms with Gasteiger partial charge in [0.25, 0.3) is 0 Å². The number of halogens is 1. The van der Waals surface area contributed by atoms with Crippen molar-refractivity contribution in [3.63, 3.8) is 0 Å². The molecule has 0 spiro atoms. The van der Waals surface area contributed by atoms with Gasteiger partial charge in [-0.15, -0.1) is 0 Å². The van der Waals surface area contributed by atoms with Crippen LogP contribution in [0, 0.1) is 5.82 Å². The molecular weight excluding hydrogens is 201 g/mol. The molecule has 16 heavy (non-hydrogen) atoms. The quantitative estimate of drug-likeness (QED) is 0.805. The van der Waals surface area contributed by atoms with Gasteiger partial charge in [-0.05, 0) is 62.6 Å². The fourth-order valence-electron chi connectivity index (χ4n) is 2.24. The molecule has 0 saturated heterocycles. The molecule has 0 saturated carbocycles. The maximum absolute atomic E-state index is 13.2. The van der Waals surface area contributed by atoms with Gasteiger partial charge in [0.1, 0.15) is 5.82 Å². The molecule has 0 fully saturated rings. The lowest BCUT2D eigenvalue weighted by atomic mass is 9.81. The van der Waals surface area contributed by atoms with E-state index >= 15 is 0 Å². The lowest BCUT2D eigenvalue weighted by molar-refractivity contribution is 0.541. The Morgan fingerprint density at radius 3 is 2.75 bits per heavy atom. The molecule has 0 bridgehead atoms. The average Bonchev–Trinajstić information content (AvgIpc) is 2.27. The van der Waals surface area contributed by atoms with E-state index < -0.39 is 0 Å². The van der Waals surface area contributed by atoms with Crippen molar-refractivity contribution in [2.75, 3.05) is 7.05 Å². The summed E-state index contributed by atoms with van der Waals surface area (Å²) in [5, 5.41) is 3.30. The molecule has 86 valence electrons. The second-order valence-corrected chi connectivity index (χ2v) is 4.83. The van der Waals surface area contributed by atoms with Crippen LogP contribution in [-0.2, 0) is 6.42 Å². The van der Waals surface area contributed by atoms with Gasteiger partial charge in [-0.3, -0.25) is 0 Å². The van der Waals surface area contributed by atoms with E-state index in [1.54, 1.807) is 12.1 Å². The van der Waals surface area contributed by atoms with E-state index in [4.69, 9.17) is 0 Å². The molecule has 0 aliphatic heterocycles. The maximum atomic E-state index is 13.2. The zero-order valence-corrected chi connectivity index (χ0v) is 10.1. The summed E-state index contributed by atoms with van der Waals surface area (Å²) in [5.74, 6) is -0.137. The van der Waals surface area contributed by atoms with E-state index in [-0.39, 0.29) is 11.4 Å². The van der Waals surface area contributed by atoms with Gasteiger partial charge in [0.05, 0.1) is 0 Å². The van der Waals surface area contributed by atoms with Crippen molar-refractivity contribution < 1.29 is 4.39 Å². The number of nitrogens with one attached hydrogen (secondary N) is 1. The van der Waals surface area contributed by atoms with E-state index in [1.807, 2.05) is 13.1 Å². The minimum Gasteiger partial charge on any atom is -0.311 e. The minimum absolute atomic E-state index is 0.0625. The third-order valence-corrected chi connectivity index (χ3v) is 3.42. The van der Waals surface area contributed by atoms with Crippen LogP contribution in [0.4, 0.5) is 4.39 Å². The summed E-state index contributed by atoms with van der Waals surface area (Å²) in [7, 11) is 1.96. The molecule has 1 aliphatic carbocycles. The van der Waals surface area contributed by atoms with Gasteiger partial charge in [0.15, 0.2) is 0 Å². The smallest absolute Gasteiger partial charge is 0.123 e. The highest BCUT2D eigenvalue weighted by Gasteiger charge is 2.25. The van der Waals surface area contributed by atoms with E-state index in [2.05, 4.69) is 25.2 Å². The average molecular weight is 219 g/mol. The largest absolute Gasteiger partial charge is 0.311 e. The van der Waals surface area contributed by atoms with Crippen LogP contribution in [0.1, 0.15) is 31.4 Å². The topological polar surface area (TPSA) is 12.0 Å². The highest BCUT2D eigenvalue weighted by molar-refractivity contribution is 5.76. The number of rotatable bonds is 2. The lowest BCUT2D eigenvalue weighted by Gasteiger charge is -2.31. The Bertz CT molecular complexity index is 432. The van der Waals surface area contributed by atoms with Crippen molar-refractivity contribution >= 4 is 5.57 Å². The Kier molecular flexibility index (Phi) is 2.85. The first kappa shape index (κ1) is 11.3. The molecule has 0 unspecified atom stereocenters. The van der Waals surface area contributed by atoms with Crippen LogP contribution in [0.5, 0.6) is 0 Å². The number of likely N-dealkylation sites (N-methyl/N-ethyl adjacent to an activating group) is 1. The van der Waals surface area contributed by atoms with Crippen LogP contribution in [0.15, 0.2) is 24.3 Å². The summed E-state index contributed by atoms with van der Waals surface area (Å²) in [4.78, 5) is 0. The zero-order chi connectivity index (χ0) is 11.8. The second-order valence-electron chi connectivity index (χ2n) is 4.83. The van der Waals surface area contributed by atoms with Gasteiger partial charge >= 0.3 is 0 Å². The van der Waals surface area contributed by atoms with Crippen LogP contribution in [-0.4, -0.2) is 12.6 Å². The Morgan fingerprint density at radius 2 is 2.06 bits per heavy atom. The van der Waals surface area contributed by atoms with Crippen LogP contribution in [0.3, 0.4) is 0 Å². The maximum Gasteiger partial charge on any atom is 0.123 e. The Labute approximate surface area is 96.4 Å². The molecule has 0 amide bonds. The number of benzene rings is 1. The fourth-order valence-corrected chi connectivity index (χ4v) is 2.24. The molecule has 2 rings (SSSR count). The van der Waals surface area contributed by atoms with Crippen molar-refractivity contribution in [2.45, 2.75) is 32.2 Å². The summed E-state index contributed by atoms with van der Waals surface area (Å²) in [5.41, 5.74) is 3.52. The minimum atomic E-state index is -0.137. The SMILES string of the molecule is CNC(C)(C)C1=CCCc2cc(F)ccc21. The molecular formula is C14H18FN. The normalized spacial score (nSPS) is 15.6. The number of allylic oxidation sites excluding steroid dienone is 1. The molecule has 1 aromatic rings. The van der Waals surface area contributed by atoms with Crippen LogP contribution < -0.4 is 5.32 Å². The van der Waals surface area contributed by atoms with Crippen molar-refractivity contribution in [1.29, 1.82) is 0 Å².